The molecule has 1 unspecified atom stereocenters. The maximum Gasteiger partial charge on any atom is 0.141 e. The summed E-state index contributed by atoms with van der Waals surface area (Å²) in [6.07, 6.45) is 8.78. The summed E-state index contributed by atoms with van der Waals surface area (Å²) in [5.41, 5.74) is 7.24. The Morgan fingerprint density at radius 3 is 2.55 bits per heavy atom. The molecule has 1 saturated carbocycles. The lowest BCUT2D eigenvalue weighted by Crippen LogP contribution is -2.16. The van der Waals surface area contributed by atoms with Crippen LogP contribution < -0.4 is 10.5 Å². The standard InChI is InChI=1S/C16H23BrFNO/c1-20-16-10-14(18)13(17)9-12(16)15(19)8-11-6-4-2-3-5-7-11/h9-11,15H,2-8,19H2,1H3. The zero-order chi connectivity index (χ0) is 14.5. The summed E-state index contributed by atoms with van der Waals surface area (Å²) in [5, 5.41) is 0. The minimum absolute atomic E-state index is 0.0926. The molecule has 0 aromatic heterocycles. The first-order chi connectivity index (χ1) is 9.61. The molecule has 1 aromatic carbocycles. The Labute approximate surface area is 129 Å². The minimum atomic E-state index is -0.313. The van der Waals surface area contributed by atoms with Crippen LogP contribution in [0.4, 0.5) is 4.39 Å². The van der Waals surface area contributed by atoms with Gasteiger partial charge in [-0.15, -0.1) is 0 Å². The molecule has 2 N–H and O–H groups in total. The van der Waals surface area contributed by atoms with Gasteiger partial charge in [0.1, 0.15) is 11.6 Å². The number of methoxy groups -OCH3 is 1. The van der Waals surface area contributed by atoms with E-state index in [2.05, 4.69) is 15.9 Å². The minimum Gasteiger partial charge on any atom is -0.496 e. The second-order valence-electron chi connectivity index (χ2n) is 5.71. The van der Waals surface area contributed by atoms with E-state index in [-0.39, 0.29) is 11.9 Å². The molecule has 0 saturated heterocycles. The van der Waals surface area contributed by atoms with Crippen molar-refractivity contribution < 1.29 is 9.13 Å². The van der Waals surface area contributed by atoms with Gasteiger partial charge in [0.25, 0.3) is 0 Å². The first-order valence-electron chi connectivity index (χ1n) is 7.40. The van der Waals surface area contributed by atoms with Gasteiger partial charge in [-0.05, 0) is 34.3 Å². The van der Waals surface area contributed by atoms with Gasteiger partial charge in [-0.1, -0.05) is 38.5 Å². The third-order valence-electron chi connectivity index (χ3n) is 4.23. The monoisotopic (exact) mass is 343 g/mol. The van der Waals surface area contributed by atoms with Gasteiger partial charge in [0.05, 0.1) is 11.6 Å². The van der Waals surface area contributed by atoms with Crippen molar-refractivity contribution >= 4 is 15.9 Å². The highest BCUT2D eigenvalue weighted by Gasteiger charge is 2.20. The Morgan fingerprint density at radius 1 is 1.30 bits per heavy atom. The van der Waals surface area contributed by atoms with Crippen LogP contribution in [0.5, 0.6) is 5.75 Å². The Kier molecular flexibility index (Phi) is 5.85. The van der Waals surface area contributed by atoms with Crippen molar-refractivity contribution in [2.75, 3.05) is 7.11 Å². The van der Waals surface area contributed by atoms with Gasteiger partial charge in [-0.2, -0.15) is 0 Å². The Bertz CT molecular complexity index is 444. The smallest absolute Gasteiger partial charge is 0.141 e. The van der Waals surface area contributed by atoms with E-state index in [4.69, 9.17) is 10.5 Å². The van der Waals surface area contributed by atoms with Crippen LogP contribution in [0.15, 0.2) is 16.6 Å². The maximum atomic E-state index is 13.6. The lowest BCUT2D eigenvalue weighted by atomic mass is 9.89. The first-order valence-corrected chi connectivity index (χ1v) is 8.19. The van der Waals surface area contributed by atoms with Crippen molar-refractivity contribution in [2.24, 2.45) is 11.7 Å². The molecule has 1 aliphatic carbocycles. The van der Waals surface area contributed by atoms with Crippen molar-refractivity contribution in [1.29, 1.82) is 0 Å². The number of nitrogens with two attached hydrogens (primary N) is 1. The van der Waals surface area contributed by atoms with Gasteiger partial charge in [0.2, 0.25) is 0 Å². The van der Waals surface area contributed by atoms with Crippen LogP contribution in [0.25, 0.3) is 0 Å². The molecule has 20 heavy (non-hydrogen) atoms. The number of ether oxygens (including phenoxy) is 1. The van der Waals surface area contributed by atoms with Crippen LogP contribution in [-0.4, -0.2) is 7.11 Å². The van der Waals surface area contributed by atoms with Crippen LogP contribution in [0.2, 0.25) is 0 Å². The van der Waals surface area contributed by atoms with Crippen LogP contribution in [0.1, 0.15) is 56.6 Å². The molecule has 1 aliphatic rings. The molecule has 0 bridgehead atoms. The first kappa shape index (κ1) is 15.8. The zero-order valence-electron chi connectivity index (χ0n) is 12.0. The van der Waals surface area contributed by atoms with E-state index in [1.54, 1.807) is 13.2 Å². The van der Waals surface area contributed by atoms with E-state index in [1.165, 1.54) is 44.6 Å². The summed E-state index contributed by atoms with van der Waals surface area (Å²) in [7, 11) is 1.56. The zero-order valence-corrected chi connectivity index (χ0v) is 13.6. The highest BCUT2D eigenvalue weighted by atomic mass is 79.9. The van der Waals surface area contributed by atoms with Crippen molar-refractivity contribution in [2.45, 2.75) is 51.0 Å². The predicted octanol–water partition coefficient (Wildman–Crippen LogP) is 4.96. The Balaban J connectivity index is 2.11. The second-order valence-corrected chi connectivity index (χ2v) is 6.56. The highest BCUT2D eigenvalue weighted by molar-refractivity contribution is 9.10. The summed E-state index contributed by atoms with van der Waals surface area (Å²) in [5.74, 6) is 0.917. The van der Waals surface area contributed by atoms with Crippen molar-refractivity contribution in [3.63, 3.8) is 0 Å². The third kappa shape index (κ3) is 3.95. The highest BCUT2D eigenvalue weighted by Crippen LogP contribution is 2.35. The van der Waals surface area contributed by atoms with E-state index >= 15 is 0 Å². The second kappa shape index (κ2) is 7.41. The Morgan fingerprint density at radius 2 is 1.95 bits per heavy atom. The average molecular weight is 344 g/mol. The number of halogens is 2. The number of hydrogen-bond acceptors (Lipinski definition) is 2. The maximum absolute atomic E-state index is 13.6. The molecule has 0 radical (unpaired) electrons. The molecule has 112 valence electrons. The summed E-state index contributed by atoms with van der Waals surface area (Å²) < 4.78 is 19.3. The van der Waals surface area contributed by atoms with Gasteiger partial charge >= 0.3 is 0 Å². The van der Waals surface area contributed by atoms with Gasteiger partial charge in [-0.3, -0.25) is 0 Å². The van der Waals surface area contributed by atoms with E-state index in [0.717, 1.165) is 12.0 Å². The molecule has 2 rings (SSSR count). The van der Waals surface area contributed by atoms with Crippen LogP contribution >= 0.6 is 15.9 Å². The average Bonchev–Trinajstić information content (AvgIpc) is 2.69. The quantitative estimate of drug-likeness (QED) is 0.784. The normalized spacial score (nSPS) is 18.6. The summed E-state index contributed by atoms with van der Waals surface area (Å²) in [6.45, 7) is 0. The van der Waals surface area contributed by atoms with Crippen molar-refractivity contribution in [3.05, 3.63) is 28.0 Å². The van der Waals surface area contributed by atoms with Crippen LogP contribution in [-0.2, 0) is 0 Å². The third-order valence-corrected chi connectivity index (χ3v) is 4.84. The van der Waals surface area contributed by atoms with Gasteiger partial charge in [0, 0.05) is 17.7 Å². The molecule has 0 amide bonds. The van der Waals surface area contributed by atoms with E-state index < -0.39 is 0 Å². The molecule has 0 heterocycles. The van der Waals surface area contributed by atoms with E-state index in [0.29, 0.717) is 16.1 Å². The fourth-order valence-electron chi connectivity index (χ4n) is 3.10. The van der Waals surface area contributed by atoms with Gasteiger partial charge in [0.15, 0.2) is 0 Å². The van der Waals surface area contributed by atoms with Crippen molar-refractivity contribution in [3.8, 4) is 5.75 Å². The summed E-state index contributed by atoms with van der Waals surface area (Å²) >= 11 is 3.23. The van der Waals surface area contributed by atoms with Gasteiger partial charge in [-0.25, -0.2) is 4.39 Å². The van der Waals surface area contributed by atoms with E-state index in [1.807, 2.05) is 0 Å². The lowest BCUT2D eigenvalue weighted by molar-refractivity contribution is 0.372. The SMILES string of the molecule is COc1cc(F)c(Br)cc1C(N)CC1CCCCCC1. The van der Waals surface area contributed by atoms with E-state index in [9.17, 15) is 4.39 Å². The molecule has 1 fully saturated rings. The molecule has 0 spiro atoms. The fraction of sp³-hybridized carbons (Fsp3) is 0.625. The van der Waals surface area contributed by atoms with Crippen molar-refractivity contribution in [1.82, 2.24) is 0 Å². The fourth-order valence-corrected chi connectivity index (χ4v) is 3.46. The summed E-state index contributed by atoms with van der Waals surface area (Å²) in [6, 6.07) is 3.08. The number of rotatable bonds is 4. The molecule has 2 nitrogen and oxygen atoms in total. The number of benzene rings is 1. The van der Waals surface area contributed by atoms with Crippen LogP contribution in [0, 0.1) is 11.7 Å². The topological polar surface area (TPSA) is 35.2 Å². The molecular formula is C16H23BrFNO. The molecule has 0 aliphatic heterocycles. The predicted molar refractivity (Wildman–Crippen MR) is 83.4 cm³/mol. The number of hydrogen-bond donors (Lipinski definition) is 1. The van der Waals surface area contributed by atoms with Gasteiger partial charge < -0.3 is 10.5 Å². The Hall–Kier alpha value is -0.610. The molecule has 1 atom stereocenters. The summed E-state index contributed by atoms with van der Waals surface area (Å²) in [4.78, 5) is 0. The molecular weight excluding hydrogens is 321 g/mol. The molecule has 1 aromatic rings. The lowest BCUT2D eigenvalue weighted by Gasteiger charge is -2.21. The largest absolute Gasteiger partial charge is 0.496 e. The molecule has 4 heteroatoms. The van der Waals surface area contributed by atoms with Crippen LogP contribution in [0.3, 0.4) is 0 Å².